The van der Waals surface area contributed by atoms with Crippen molar-refractivity contribution < 1.29 is 0 Å². The van der Waals surface area contributed by atoms with Gasteiger partial charge in [0.15, 0.2) is 0 Å². The highest BCUT2D eigenvalue weighted by molar-refractivity contribution is 5.31. The molecule has 0 aliphatic heterocycles. The Kier molecular flexibility index (Phi) is 1.52. The Hall–Kier alpha value is -0.790. The van der Waals surface area contributed by atoms with E-state index >= 15 is 0 Å². The fourth-order valence-corrected chi connectivity index (χ4v) is 3.10. The van der Waals surface area contributed by atoms with Gasteiger partial charge in [0.05, 0.1) is 6.20 Å². The van der Waals surface area contributed by atoms with Crippen LogP contribution < -0.4 is 0 Å². The van der Waals surface area contributed by atoms with Crippen LogP contribution in [0, 0.1) is 0 Å². The molecule has 1 saturated carbocycles. The molecule has 0 amide bonds. The highest BCUT2D eigenvalue weighted by atomic mass is 15.3. The van der Waals surface area contributed by atoms with Crippen molar-refractivity contribution in [1.82, 2.24) is 9.78 Å². The lowest BCUT2D eigenvalue weighted by Crippen LogP contribution is -2.23. The molecule has 2 nitrogen and oxygen atoms in total. The molecule has 0 radical (unpaired) electrons. The van der Waals surface area contributed by atoms with Crippen molar-refractivity contribution in [2.45, 2.75) is 51.0 Å². The smallest absolute Gasteiger partial charge is 0.0527 e. The minimum Gasteiger partial charge on any atom is -0.269 e. The van der Waals surface area contributed by atoms with Gasteiger partial charge in [0.2, 0.25) is 0 Å². The Balaban J connectivity index is 2.15. The summed E-state index contributed by atoms with van der Waals surface area (Å²) >= 11 is 0. The van der Waals surface area contributed by atoms with Crippen molar-refractivity contribution in [2.75, 3.05) is 0 Å². The van der Waals surface area contributed by atoms with Crippen molar-refractivity contribution in [3.63, 3.8) is 0 Å². The molecule has 70 valence electrons. The predicted molar refractivity (Wildman–Crippen MR) is 51.9 cm³/mol. The Labute approximate surface area is 78.9 Å². The maximum Gasteiger partial charge on any atom is 0.0527 e. The lowest BCUT2D eigenvalue weighted by Gasteiger charge is -2.36. The normalized spacial score (nSPS) is 30.5. The molecule has 0 saturated heterocycles. The lowest BCUT2D eigenvalue weighted by atomic mass is 9.70. The zero-order valence-corrected chi connectivity index (χ0v) is 8.16. The van der Waals surface area contributed by atoms with E-state index < -0.39 is 0 Å². The molecule has 1 aromatic heterocycles. The molecule has 0 atom stereocenters. The molecule has 0 N–H and O–H groups in total. The summed E-state index contributed by atoms with van der Waals surface area (Å²) in [6.07, 6.45) is 7.75. The van der Waals surface area contributed by atoms with Gasteiger partial charge in [-0.25, -0.2) is 0 Å². The van der Waals surface area contributed by atoms with Gasteiger partial charge in [0, 0.05) is 18.2 Å². The number of aryl methyl sites for hydroxylation is 1. The number of aromatic nitrogens is 2. The number of hydrogen-bond acceptors (Lipinski definition) is 1. The van der Waals surface area contributed by atoms with Crippen molar-refractivity contribution in [3.8, 4) is 0 Å². The quantitative estimate of drug-likeness (QED) is 0.643. The highest BCUT2D eigenvalue weighted by Gasteiger charge is 2.35. The predicted octanol–water partition coefficient (Wildman–Crippen LogP) is 2.66. The molecular weight excluding hydrogens is 160 g/mol. The van der Waals surface area contributed by atoms with E-state index in [9.17, 15) is 0 Å². The summed E-state index contributed by atoms with van der Waals surface area (Å²) in [6, 6.07) is 0. The van der Waals surface area contributed by atoms with Gasteiger partial charge >= 0.3 is 0 Å². The number of fused-ring (bicyclic) bond motifs is 2. The Bertz CT molecular complexity index is 319. The van der Waals surface area contributed by atoms with Crippen molar-refractivity contribution in [1.29, 1.82) is 0 Å². The molecule has 0 aromatic carbocycles. The third-order valence-corrected chi connectivity index (χ3v) is 3.76. The molecular formula is C11H16N2. The SMILES string of the molecule is CCn1ncc2c1C1CCC2CC1. The first-order valence-corrected chi connectivity index (χ1v) is 5.45. The summed E-state index contributed by atoms with van der Waals surface area (Å²) in [4.78, 5) is 0. The minimum atomic E-state index is 0.836. The van der Waals surface area contributed by atoms with Gasteiger partial charge < -0.3 is 0 Å². The van der Waals surface area contributed by atoms with Gasteiger partial charge in [-0.15, -0.1) is 0 Å². The average molecular weight is 176 g/mol. The van der Waals surface area contributed by atoms with E-state index in [4.69, 9.17) is 0 Å². The van der Waals surface area contributed by atoms with Crippen LogP contribution in [-0.4, -0.2) is 9.78 Å². The molecule has 0 spiro atoms. The van der Waals surface area contributed by atoms with E-state index in [1.54, 1.807) is 11.3 Å². The fourth-order valence-electron chi connectivity index (χ4n) is 3.10. The number of nitrogens with zero attached hydrogens (tertiary/aromatic N) is 2. The summed E-state index contributed by atoms with van der Waals surface area (Å²) in [6.45, 7) is 3.23. The van der Waals surface area contributed by atoms with Crippen LogP contribution in [0.1, 0.15) is 55.7 Å². The summed E-state index contributed by atoms with van der Waals surface area (Å²) < 4.78 is 2.21. The van der Waals surface area contributed by atoms with E-state index in [2.05, 4.69) is 22.9 Å². The van der Waals surface area contributed by atoms with Crippen LogP contribution in [-0.2, 0) is 6.54 Å². The average Bonchev–Trinajstić information content (AvgIpc) is 2.64. The zero-order valence-electron chi connectivity index (χ0n) is 8.16. The fraction of sp³-hybridized carbons (Fsp3) is 0.727. The van der Waals surface area contributed by atoms with Crippen LogP contribution in [0.15, 0.2) is 6.20 Å². The topological polar surface area (TPSA) is 17.8 Å². The molecule has 1 fully saturated rings. The lowest BCUT2D eigenvalue weighted by molar-refractivity contribution is 0.341. The van der Waals surface area contributed by atoms with E-state index in [1.807, 2.05) is 0 Å². The zero-order chi connectivity index (χ0) is 8.84. The summed E-state index contributed by atoms with van der Waals surface area (Å²) in [5, 5.41) is 4.47. The number of rotatable bonds is 1. The largest absolute Gasteiger partial charge is 0.269 e. The third kappa shape index (κ3) is 0.917. The molecule has 0 unspecified atom stereocenters. The number of hydrogen-bond donors (Lipinski definition) is 0. The molecule has 2 heteroatoms. The van der Waals surface area contributed by atoms with E-state index in [0.29, 0.717) is 0 Å². The minimum absolute atomic E-state index is 0.836. The molecule has 1 heterocycles. The van der Waals surface area contributed by atoms with Crippen LogP contribution >= 0.6 is 0 Å². The second kappa shape index (κ2) is 2.60. The molecule has 2 bridgehead atoms. The van der Waals surface area contributed by atoms with Gasteiger partial charge in [0.25, 0.3) is 0 Å². The van der Waals surface area contributed by atoms with E-state index in [1.165, 1.54) is 25.7 Å². The van der Waals surface area contributed by atoms with Crippen molar-refractivity contribution in [2.24, 2.45) is 0 Å². The maximum absolute atomic E-state index is 4.47. The molecule has 4 rings (SSSR count). The molecule has 3 aliphatic rings. The third-order valence-electron chi connectivity index (χ3n) is 3.76. The molecule has 13 heavy (non-hydrogen) atoms. The monoisotopic (exact) mass is 176 g/mol. The maximum atomic E-state index is 4.47. The molecule has 1 aromatic rings. The van der Waals surface area contributed by atoms with Gasteiger partial charge in [-0.3, -0.25) is 4.68 Å². The standard InChI is InChI=1S/C11H16N2/c1-2-13-11-9-5-3-8(4-6-9)10(11)7-12-13/h7-9H,2-6H2,1H3. The van der Waals surface area contributed by atoms with E-state index in [0.717, 1.165) is 18.4 Å². The second-order valence-electron chi connectivity index (χ2n) is 4.35. The molecule has 3 aliphatic carbocycles. The van der Waals surface area contributed by atoms with Crippen LogP contribution in [0.2, 0.25) is 0 Å². The highest BCUT2D eigenvalue weighted by Crippen LogP contribution is 2.48. The van der Waals surface area contributed by atoms with E-state index in [-0.39, 0.29) is 0 Å². The van der Waals surface area contributed by atoms with Crippen LogP contribution in [0.4, 0.5) is 0 Å². The Morgan fingerprint density at radius 2 is 2.00 bits per heavy atom. The van der Waals surface area contributed by atoms with Gasteiger partial charge in [-0.05, 0) is 44.1 Å². The second-order valence-corrected chi connectivity index (χ2v) is 4.35. The summed E-state index contributed by atoms with van der Waals surface area (Å²) in [5.41, 5.74) is 3.15. The summed E-state index contributed by atoms with van der Waals surface area (Å²) in [7, 11) is 0. The van der Waals surface area contributed by atoms with Gasteiger partial charge in [-0.1, -0.05) is 0 Å². The first-order valence-electron chi connectivity index (χ1n) is 5.45. The van der Waals surface area contributed by atoms with Crippen molar-refractivity contribution in [3.05, 3.63) is 17.5 Å². The Morgan fingerprint density at radius 1 is 1.31 bits per heavy atom. The van der Waals surface area contributed by atoms with Gasteiger partial charge in [-0.2, -0.15) is 5.10 Å². The first kappa shape index (κ1) is 7.60. The summed E-state index contributed by atoms with van der Waals surface area (Å²) in [5.74, 6) is 1.68. The Morgan fingerprint density at radius 3 is 2.69 bits per heavy atom. The van der Waals surface area contributed by atoms with Crippen LogP contribution in [0.3, 0.4) is 0 Å². The van der Waals surface area contributed by atoms with Crippen molar-refractivity contribution >= 4 is 0 Å². The van der Waals surface area contributed by atoms with Crippen LogP contribution in [0.25, 0.3) is 0 Å². The van der Waals surface area contributed by atoms with Crippen LogP contribution in [0.5, 0.6) is 0 Å². The first-order chi connectivity index (χ1) is 6.40. The van der Waals surface area contributed by atoms with Gasteiger partial charge in [0.1, 0.15) is 0 Å².